The molecule has 0 aliphatic heterocycles. The van der Waals surface area contributed by atoms with Gasteiger partial charge in [-0.05, 0) is 37.0 Å². The molecule has 0 spiro atoms. The maximum absolute atomic E-state index is 12.6. The standard InChI is InChI=1S/C22H32N4O2S/c1-6-23-22(24-15-18(3)19-12-9-10-17(2)14-19)25-16-20-11-7-8-13-21(20)29(27,28)26(4)5/h7-14,18H,6,15-16H2,1-5H3,(H2,23,24,25). The molecule has 0 saturated heterocycles. The van der Waals surface area contributed by atoms with E-state index >= 15 is 0 Å². The van der Waals surface area contributed by atoms with Gasteiger partial charge in [0.2, 0.25) is 10.0 Å². The number of aliphatic imine (C=N–C) groups is 1. The molecule has 1 atom stereocenters. The monoisotopic (exact) mass is 416 g/mol. The lowest BCUT2D eigenvalue weighted by Crippen LogP contribution is -2.39. The fourth-order valence-corrected chi connectivity index (χ4v) is 4.04. The molecule has 0 amide bonds. The van der Waals surface area contributed by atoms with E-state index in [1.54, 1.807) is 18.2 Å². The minimum atomic E-state index is -3.51. The highest BCUT2D eigenvalue weighted by molar-refractivity contribution is 7.89. The van der Waals surface area contributed by atoms with E-state index in [2.05, 4.69) is 53.7 Å². The van der Waals surface area contributed by atoms with E-state index in [-0.39, 0.29) is 11.4 Å². The minimum absolute atomic E-state index is 0.275. The Morgan fingerprint density at radius 3 is 2.48 bits per heavy atom. The van der Waals surface area contributed by atoms with Crippen molar-refractivity contribution < 1.29 is 8.42 Å². The summed E-state index contributed by atoms with van der Waals surface area (Å²) in [5.41, 5.74) is 3.19. The van der Waals surface area contributed by atoms with E-state index in [1.807, 2.05) is 13.0 Å². The van der Waals surface area contributed by atoms with Crippen molar-refractivity contribution in [3.8, 4) is 0 Å². The smallest absolute Gasteiger partial charge is 0.242 e. The van der Waals surface area contributed by atoms with Crippen LogP contribution in [0, 0.1) is 6.92 Å². The van der Waals surface area contributed by atoms with Crippen molar-refractivity contribution >= 4 is 16.0 Å². The highest BCUT2D eigenvalue weighted by atomic mass is 32.2. The van der Waals surface area contributed by atoms with Gasteiger partial charge in [-0.3, -0.25) is 0 Å². The normalized spacial score (nSPS) is 13.4. The lowest BCUT2D eigenvalue weighted by Gasteiger charge is -2.17. The van der Waals surface area contributed by atoms with E-state index in [4.69, 9.17) is 0 Å². The number of hydrogen-bond acceptors (Lipinski definition) is 3. The van der Waals surface area contributed by atoms with Crippen LogP contribution in [0.4, 0.5) is 0 Å². The first-order chi connectivity index (χ1) is 13.8. The molecule has 0 aliphatic carbocycles. The van der Waals surface area contributed by atoms with E-state index < -0.39 is 10.0 Å². The minimum Gasteiger partial charge on any atom is -0.357 e. The van der Waals surface area contributed by atoms with Crippen molar-refractivity contribution in [1.29, 1.82) is 0 Å². The first-order valence-electron chi connectivity index (χ1n) is 9.85. The van der Waals surface area contributed by atoms with Crippen LogP contribution in [-0.4, -0.2) is 45.9 Å². The van der Waals surface area contributed by atoms with Gasteiger partial charge in [0.25, 0.3) is 0 Å². The van der Waals surface area contributed by atoms with Gasteiger partial charge in [0.05, 0.1) is 11.4 Å². The summed E-state index contributed by atoms with van der Waals surface area (Å²) in [4.78, 5) is 4.90. The first kappa shape index (κ1) is 22.9. The summed E-state index contributed by atoms with van der Waals surface area (Å²) < 4.78 is 26.4. The Morgan fingerprint density at radius 1 is 1.10 bits per heavy atom. The van der Waals surface area contributed by atoms with Crippen molar-refractivity contribution in [1.82, 2.24) is 14.9 Å². The molecule has 2 N–H and O–H groups in total. The Balaban J connectivity index is 2.14. The molecule has 6 nitrogen and oxygen atoms in total. The summed E-state index contributed by atoms with van der Waals surface area (Å²) in [6.07, 6.45) is 0. The Hall–Kier alpha value is -2.38. The van der Waals surface area contributed by atoms with E-state index in [1.165, 1.54) is 29.5 Å². The van der Waals surface area contributed by atoms with Crippen LogP contribution in [-0.2, 0) is 16.6 Å². The van der Waals surface area contributed by atoms with Crippen LogP contribution < -0.4 is 10.6 Å². The van der Waals surface area contributed by atoms with Gasteiger partial charge in [0.1, 0.15) is 0 Å². The third-order valence-electron chi connectivity index (χ3n) is 4.67. The molecule has 0 bridgehead atoms. The van der Waals surface area contributed by atoms with Crippen LogP contribution in [0.5, 0.6) is 0 Å². The van der Waals surface area contributed by atoms with Crippen LogP contribution >= 0.6 is 0 Å². The van der Waals surface area contributed by atoms with Gasteiger partial charge in [-0.15, -0.1) is 0 Å². The molecule has 0 fully saturated rings. The maximum Gasteiger partial charge on any atom is 0.242 e. The van der Waals surface area contributed by atoms with Crippen molar-refractivity contribution in [2.45, 2.75) is 38.1 Å². The van der Waals surface area contributed by atoms with Gasteiger partial charge in [-0.2, -0.15) is 0 Å². The number of nitrogens with zero attached hydrogens (tertiary/aromatic N) is 2. The van der Waals surface area contributed by atoms with Crippen molar-refractivity contribution in [3.63, 3.8) is 0 Å². The predicted molar refractivity (Wildman–Crippen MR) is 120 cm³/mol. The molecule has 1 unspecified atom stereocenters. The number of rotatable bonds is 8. The summed E-state index contributed by atoms with van der Waals surface area (Å²) in [6.45, 7) is 8.00. The second-order valence-electron chi connectivity index (χ2n) is 7.29. The average Bonchev–Trinajstić information content (AvgIpc) is 2.69. The zero-order valence-corrected chi connectivity index (χ0v) is 18.8. The second-order valence-corrected chi connectivity index (χ2v) is 9.41. The largest absolute Gasteiger partial charge is 0.357 e. The number of aryl methyl sites for hydroxylation is 1. The zero-order chi connectivity index (χ0) is 21.4. The molecule has 0 radical (unpaired) electrons. The van der Waals surface area contributed by atoms with Crippen LogP contribution in [0.25, 0.3) is 0 Å². The summed E-state index contributed by atoms with van der Waals surface area (Å²) in [5.74, 6) is 0.990. The molecule has 2 aromatic rings. The zero-order valence-electron chi connectivity index (χ0n) is 17.9. The third-order valence-corrected chi connectivity index (χ3v) is 6.59. The Labute approximate surface area is 175 Å². The predicted octanol–water partition coefficient (Wildman–Crippen LogP) is 3.10. The number of sulfonamides is 1. The topological polar surface area (TPSA) is 73.8 Å². The fraction of sp³-hybridized carbons (Fsp3) is 0.409. The van der Waals surface area contributed by atoms with E-state index in [0.29, 0.717) is 17.4 Å². The third kappa shape index (κ3) is 6.30. The van der Waals surface area contributed by atoms with E-state index in [9.17, 15) is 8.42 Å². The molecule has 2 rings (SSSR count). The van der Waals surface area contributed by atoms with Crippen LogP contribution in [0.1, 0.15) is 36.5 Å². The van der Waals surface area contributed by atoms with Crippen molar-refractivity contribution in [3.05, 3.63) is 65.2 Å². The van der Waals surface area contributed by atoms with Gasteiger partial charge < -0.3 is 10.6 Å². The number of benzene rings is 2. The fourth-order valence-electron chi connectivity index (χ4n) is 2.93. The summed E-state index contributed by atoms with van der Waals surface area (Å²) in [5, 5.41) is 6.60. The van der Waals surface area contributed by atoms with Crippen molar-refractivity contribution in [2.24, 2.45) is 4.99 Å². The van der Waals surface area contributed by atoms with Crippen molar-refractivity contribution in [2.75, 3.05) is 27.2 Å². The quantitative estimate of drug-likeness (QED) is 0.512. The van der Waals surface area contributed by atoms with E-state index in [0.717, 1.165) is 13.1 Å². The second kappa shape index (κ2) is 10.4. The molecular weight excluding hydrogens is 384 g/mol. The molecule has 0 saturated carbocycles. The molecule has 0 aromatic heterocycles. The summed E-state index contributed by atoms with van der Waals surface area (Å²) in [7, 11) is -0.440. The SMILES string of the molecule is CCNC(=NCc1ccccc1S(=O)(=O)N(C)C)NCC(C)c1cccc(C)c1. The van der Waals surface area contributed by atoms with Gasteiger partial charge in [-0.25, -0.2) is 17.7 Å². The molecule has 0 aliphatic rings. The molecule has 158 valence electrons. The number of guanidine groups is 1. The molecule has 0 heterocycles. The summed E-state index contributed by atoms with van der Waals surface area (Å²) in [6, 6.07) is 15.5. The molecule has 29 heavy (non-hydrogen) atoms. The number of hydrogen-bond donors (Lipinski definition) is 2. The Bertz CT molecular complexity index is 939. The first-order valence-corrected chi connectivity index (χ1v) is 11.3. The molecule has 2 aromatic carbocycles. The Morgan fingerprint density at radius 2 is 1.83 bits per heavy atom. The van der Waals surface area contributed by atoms with Crippen LogP contribution in [0.3, 0.4) is 0 Å². The highest BCUT2D eigenvalue weighted by Crippen LogP contribution is 2.19. The van der Waals surface area contributed by atoms with Gasteiger partial charge >= 0.3 is 0 Å². The van der Waals surface area contributed by atoms with Gasteiger partial charge in [-0.1, -0.05) is 55.0 Å². The molecule has 7 heteroatoms. The van der Waals surface area contributed by atoms with Gasteiger partial charge in [0, 0.05) is 27.2 Å². The Kier molecular flexibility index (Phi) is 8.22. The van der Waals surface area contributed by atoms with Crippen LogP contribution in [0.2, 0.25) is 0 Å². The van der Waals surface area contributed by atoms with Gasteiger partial charge in [0.15, 0.2) is 5.96 Å². The lowest BCUT2D eigenvalue weighted by molar-refractivity contribution is 0.519. The van der Waals surface area contributed by atoms with Crippen LogP contribution in [0.15, 0.2) is 58.4 Å². The highest BCUT2D eigenvalue weighted by Gasteiger charge is 2.20. The maximum atomic E-state index is 12.6. The average molecular weight is 417 g/mol. The lowest BCUT2D eigenvalue weighted by atomic mass is 9.99. The number of nitrogens with one attached hydrogen (secondary N) is 2. The molecular formula is C22H32N4O2S. The summed E-state index contributed by atoms with van der Waals surface area (Å²) >= 11 is 0.